The molecule has 0 saturated heterocycles. The molecule has 1 atom stereocenters. The minimum absolute atomic E-state index is 0.467. The molecule has 0 aliphatic heterocycles. The summed E-state index contributed by atoms with van der Waals surface area (Å²) in [5.41, 5.74) is 1.26. The predicted molar refractivity (Wildman–Crippen MR) is 110 cm³/mol. The molecule has 0 spiro atoms. The van der Waals surface area contributed by atoms with Gasteiger partial charge in [-0.15, -0.1) is 0 Å². The number of hydrogen-bond acceptors (Lipinski definition) is 3. The van der Waals surface area contributed by atoms with Gasteiger partial charge in [0, 0.05) is 42.0 Å². The lowest BCUT2D eigenvalue weighted by Crippen LogP contribution is -2.09. The van der Waals surface area contributed by atoms with Gasteiger partial charge in [0.25, 0.3) is 0 Å². The van der Waals surface area contributed by atoms with Crippen LogP contribution in [0.1, 0.15) is 50.5 Å². The Morgan fingerprint density at radius 1 is 1.14 bits per heavy atom. The SMILES string of the molecule is CCCCCCC(Cn1ccnc1)c1ccccc1Cl.O=C(O)/C=C/C(=O)O. The molecule has 1 aromatic heterocycles. The van der Waals surface area contributed by atoms with Gasteiger partial charge in [0.05, 0.1) is 6.33 Å². The van der Waals surface area contributed by atoms with Crippen molar-refractivity contribution in [3.05, 3.63) is 65.7 Å². The lowest BCUT2D eigenvalue weighted by atomic mass is 9.92. The molecule has 2 N–H and O–H groups in total. The highest BCUT2D eigenvalue weighted by molar-refractivity contribution is 6.31. The van der Waals surface area contributed by atoms with Crippen LogP contribution in [0.25, 0.3) is 0 Å². The zero-order valence-corrected chi connectivity index (χ0v) is 16.8. The Balaban J connectivity index is 0.000000416. The van der Waals surface area contributed by atoms with E-state index < -0.39 is 11.9 Å². The topological polar surface area (TPSA) is 92.4 Å². The van der Waals surface area contributed by atoms with Gasteiger partial charge >= 0.3 is 11.9 Å². The molecule has 1 aromatic carbocycles. The third-order valence-electron chi connectivity index (χ3n) is 4.11. The van der Waals surface area contributed by atoms with E-state index in [2.05, 4.69) is 28.6 Å². The summed E-state index contributed by atoms with van der Waals surface area (Å²) in [6.07, 6.45) is 13.2. The Bertz CT molecular complexity index is 729. The maximum Gasteiger partial charge on any atom is 0.328 e. The van der Waals surface area contributed by atoms with E-state index in [4.69, 9.17) is 21.8 Å². The van der Waals surface area contributed by atoms with Crippen LogP contribution in [0.5, 0.6) is 0 Å². The fraction of sp³-hybridized carbons (Fsp3) is 0.381. The molecule has 2 aromatic rings. The van der Waals surface area contributed by atoms with Crippen LogP contribution >= 0.6 is 11.6 Å². The van der Waals surface area contributed by atoms with E-state index in [1.807, 2.05) is 30.9 Å². The van der Waals surface area contributed by atoms with Gasteiger partial charge in [-0.2, -0.15) is 0 Å². The molecule has 152 valence electrons. The zero-order chi connectivity index (χ0) is 20.8. The van der Waals surface area contributed by atoms with Gasteiger partial charge in [0.15, 0.2) is 0 Å². The summed E-state index contributed by atoms with van der Waals surface area (Å²) in [6, 6.07) is 8.22. The Kier molecular flexibility index (Phi) is 11.3. The summed E-state index contributed by atoms with van der Waals surface area (Å²) in [6.45, 7) is 3.20. The van der Waals surface area contributed by atoms with E-state index >= 15 is 0 Å². The van der Waals surface area contributed by atoms with E-state index in [-0.39, 0.29) is 0 Å². The van der Waals surface area contributed by atoms with Gasteiger partial charge in [0.1, 0.15) is 0 Å². The highest BCUT2D eigenvalue weighted by Crippen LogP contribution is 2.30. The van der Waals surface area contributed by atoms with Gasteiger partial charge in [-0.25, -0.2) is 14.6 Å². The molecule has 6 nitrogen and oxygen atoms in total. The average Bonchev–Trinajstić information content (AvgIpc) is 3.17. The number of rotatable bonds is 10. The van der Waals surface area contributed by atoms with Crippen molar-refractivity contribution >= 4 is 23.5 Å². The van der Waals surface area contributed by atoms with Crippen LogP contribution in [-0.2, 0) is 16.1 Å². The van der Waals surface area contributed by atoms with E-state index in [1.165, 1.54) is 37.7 Å². The van der Waals surface area contributed by atoms with Crippen LogP contribution in [0.15, 0.2) is 55.1 Å². The maximum atomic E-state index is 9.55. The normalized spacial score (nSPS) is 11.6. The van der Waals surface area contributed by atoms with Crippen molar-refractivity contribution in [2.75, 3.05) is 0 Å². The van der Waals surface area contributed by atoms with Crippen LogP contribution in [0.4, 0.5) is 0 Å². The Morgan fingerprint density at radius 3 is 2.36 bits per heavy atom. The molecule has 0 saturated carbocycles. The largest absolute Gasteiger partial charge is 0.478 e. The average molecular weight is 407 g/mol. The number of carboxylic acid groups (broad SMARTS) is 2. The molecule has 7 heteroatoms. The molecular formula is C21H27ClN2O4. The quantitative estimate of drug-likeness (QED) is 0.427. The van der Waals surface area contributed by atoms with Crippen LogP contribution in [0.2, 0.25) is 5.02 Å². The molecule has 1 unspecified atom stereocenters. The standard InChI is InChI=1S/C17H23ClN2.C4H4O4/c1-2-3-4-5-8-15(13-20-12-11-19-14-20)16-9-6-7-10-17(16)18;5-3(6)1-2-4(7)8/h6-7,9-12,14-15H,2-5,8,13H2,1H3;1-2H,(H,5,6)(H,7,8)/b;2-1+. The summed E-state index contributed by atoms with van der Waals surface area (Å²) < 4.78 is 2.15. The Morgan fingerprint density at radius 2 is 1.82 bits per heavy atom. The number of carbonyl (C=O) groups is 2. The van der Waals surface area contributed by atoms with Gasteiger partial charge in [-0.05, 0) is 18.1 Å². The minimum Gasteiger partial charge on any atom is -0.478 e. The van der Waals surface area contributed by atoms with E-state index in [9.17, 15) is 9.59 Å². The number of aliphatic carboxylic acids is 2. The number of benzene rings is 1. The number of nitrogens with zero attached hydrogens (tertiary/aromatic N) is 2. The molecule has 28 heavy (non-hydrogen) atoms. The fourth-order valence-corrected chi connectivity index (χ4v) is 3.05. The fourth-order valence-electron chi connectivity index (χ4n) is 2.76. The summed E-state index contributed by atoms with van der Waals surface area (Å²) in [5, 5.41) is 16.5. The highest BCUT2D eigenvalue weighted by atomic mass is 35.5. The second-order valence-corrected chi connectivity index (χ2v) is 6.74. The van der Waals surface area contributed by atoms with Crippen LogP contribution in [-0.4, -0.2) is 31.7 Å². The molecule has 0 fully saturated rings. The third kappa shape index (κ3) is 9.92. The van der Waals surface area contributed by atoms with Crippen molar-refractivity contribution < 1.29 is 19.8 Å². The first-order chi connectivity index (χ1) is 13.4. The van der Waals surface area contributed by atoms with Crippen molar-refractivity contribution in [2.45, 2.75) is 51.5 Å². The number of hydrogen-bond donors (Lipinski definition) is 2. The molecule has 0 aliphatic carbocycles. The van der Waals surface area contributed by atoms with E-state index in [1.54, 1.807) is 0 Å². The molecule has 2 rings (SSSR count). The number of carboxylic acids is 2. The van der Waals surface area contributed by atoms with Gasteiger partial charge in [0.2, 0.25) is 0 Å². The molecule has 0 radical (unpaired) electrons. The molecule has 0 aliphatic rings. The number of aromatic nitrogens is 2. The monoisotopic (exact) mass is 406 g/mol. The van der Waals surface area contributed by atoms with E-state index in [0.717, 1.165) is 11.6 Å². The highest BCUT2D eigenvalue weighted by Gasteiger charge is 2.14. The summed E-state index contributed by atoms with van der Waals surface area (Å²) in [4.78, 5) is 23.2. The van der Waals surface area contributed by atoms with Crippen LogP contribution < -0.4 is 0 Å². The number of imidazole rings is 1. The van der Waals surface area contributed by atoms with Gasteiger partial charge in [-0.3, -0.25) is 0 Å². The van der Waals surface area contributed by atoms with Crippen LogP contribution in [0, 0.1) is 0 Å². The second-order valence-electron chi connectivity index (χ2n) is 6.34. The Labute approximate surface area is 170 Å². The first-order valence-corrected chi connectivity index (χ1v) is 9.66. The second kappa shape index (κ2) is 13.6. The first-order valence-electron chi connectivity index (χ1n) is 9.28. The summed E-state index contributed by atoms with van der Waals surface area (Å²) in [7, 11) is 0. The zero-order valence-electron chi connectivity index (χ0n) is 16.0. The maximum absolute atomic E-state index is 9.55. The summed E-state index contributed by atoms with van der Waals surface area (Å²) in [5.74, 6) is -2.05. The third-order valence-corrected chi connectivity index (χ3v) is 4.45. The van der Waals surface area contributed by atoms with Crippen molar-refractivity contribution in [2.24, 2.45) is 0 Å². The van der Waals surface area contributed by atoms with E-state index in [0.29, 0.717) is 18.1 Å². The van der Waals surface area contributed by atoms with Crippen molar-refractivity contribution in [1.29, 1.82) is 0 Å². The van der Waals surface area contributed by atoms with Crippen molar-refractivity contribution in [1.82, 2.24) is 9.55 Å². The molecular weight excluding hydrogens is 380 g/mol. The lowest BCUT2D eigenvalue weighted by molar-refractivity contribution is -0.134. The van der Waals surface area contributed by atoms with Crippen molar-refractivity contribution in [3.63, 3.8) is 0 Å². The molecule has 0 amide bonds. The smallest absolute Gasteiger partial charge is 0.328 e. The van der Waals surface area contributed by atoms with Crippen molar-refractivity contribution in [3.8, 4) is 0 Å². The minimum atomic E-state index is -1.26. The molecule has 1 heterocycles. The summed E-state index contributed by atoms with van der Waals surface area (Å²) >= 11 is 6.37. The number of unbranched alkanes of at least 4 members (excludes halogenated alkanes) is 3. The lowest BCUT2D eigenvalue weighted by Gasteiger charge is -2.19. The van der Waals surface area contributed by atoms with Gasteiger partial charge in [-0.1, -0.05) is 62.4 Å². The van der Waals surface area contributed by atoms with Gasteiger partial charge < -0.3 is 14.8 Å². The molecule has 0 bridgehead atoms. The number of halogens is 1. The predicted octanol–water partition coefficient (Wildman–Crippen LogP) is 5.00. The van der Waals surface area contributed by atoms with Crippen LogP contribution in [0.3, 0.4) is 0 Å². The Hall–Kier alpha value is -2.60. The first kappa shape index (κ1) is 23.4.